The number of carbonyl (C=O) groups is 2. The normalized spacial score (nSPS) is 11.2. The Morgan fingerprint density at radius 1 is 1.03 bits per heavy atom. The fourth-order valence-electron chi connectivity index (χ4n) is 3.99. The lowest BCUT2D eigenvalue weighted by atomic mass is 10.1. The minimum Gasteiger partial charge on any atom is -0.450 e. The van der Waals surface area contributed by atoms with E-state index in [-0.39, 0.29) is 16.8 Å². The first-order valence-electron chi connectivity index (χ1n) is 11.0. The first-order valence-corrected chi connectivity index (χ1v) is 11.0. The number of benzene rings is 3. The molecular formula is C27H20FN3O4. The maximum Gasteiger partial charge on any atom is 0.280 e. The second-order valence-electron chi connectivity index (χ2n) is 8.11. The molecule has 174 valence electrons. The summed E-state index contributed by atoms with van der Waals surface area (Å²) in [7, 11) is 0. The second kappa shape index (κ2) is 8.64. The molecule has 0 aliphatic rings. The molecule has 0 saturated heterocycles. The van der Waals surface area contributed by atoms with Crippen LogP contribution in [0.1, 0.15) is 39.1 Å². The molecule has 0 fully saturated rings. The molecule has 35 heavy (non-hydrogen) atoms. The highest BCUT2D eigenvalue weighted by molar-refractivity contribution is 6.18. The van der Waals surface area contributed by atoms with Gasteiger partial charge in [0.25, 0.3) is 5.91 Å². The van der Waals surface area contributed by atoms with Crippen LogP contribution in [0, 0.1) is 12.7 Å². The van der Waals surface area contributed by atoms with Crippen molar-refractivity contribution in [2.75, 3.05) is 5.32 Å². The summed E-state index contributed by atoms with van der Waals surface area (Å²) >= 11 is 0. The van der Waals surface area contributed by atoms with Crippen LogP contribution in [-0.4, -0.2) is 21.5 Å². The highest BCUT2D eigenvalue weighted by Crippen LogP contribution is 2.33. The first-order chi connectivity index (χ1) is 16.9. The maximum absolute atomic E-state index is 13.9. The molecule has 0 unspecified atom stereocenters. The van der Waals surface area contributed by atoms with E-state index < -0.39 is 28.6 Å². The summed E-state index contributed by atoms with van der Waals surface area (Å²) in [6, 6.07) is 17.6. The molecule has 1 amide bonds. The van der Waals surface area contributed by atoms with Crippen molar-refractivity contribution in [2.45, 2.75) is 20.4 Å². The van der Waals surface area contributed by atoms with Crippen LogP contribution in [-0.2, 0) is 6.54 Å². The number of halogens is 1. The molecule has 0 bridgehead atoms. The van der Waals surface area contributed by atoms with Gasteiger partial charge in [-0.1, -0.05) is 42.0 Å². The number of hydrogen-bond acceptors (Lipinski definition) is 5. The third-order valence-electron chi connectivity index (χ3n) is 5.79. The predicted octanol–water partition coefficient (Wildman–Crippen LogP) is 5.09. The number of rotatable bonds is 5. The Morgan fingerprint density at radius 3 is 2.51 bits per heavy atom. The number of nitrogens with zero attached hydrogens (tertiary/aromatic N) is 2. The summed E-state index contributed by atoms with van der Waals surface area (Å²) in [5.74, 6) is -1.91. The Kier molecular flexibility index (Phi) is 5.49. The number of carbonyl (C=O) groups excluding carboxylic acids is 2. The molecular weight excluding hydrogens is 449 g/mol. The van der Waals surface area contributed by atoms with Crippen LogP contribution >= 0.6 is 0 Å². The first kappa shape index (κ1) is 22.2. The topological polar surface area (TPSA) is 94.2 Å². The fourth-order valence-corrected chi connectivity index (χ4v) is 3.99. The highest BCUT2D eigenvalue weighted by atomic mass is 19.1. The van der Waals surface area contributed by atoms with Gasteiger partial charge in [0.1, 0.15) is 11.4 Å². The minimum atomic E-state index is -0.826. The molecule has 0 atom stereocenters. The van der Waals surface area contributed by atoms with Gasteiger partial charge in [0.2, 0.25) is 11.2 Å². The standard InChI is InChI=1S/C27H20FN3O4/c1-3-31-20-13-12-17(28)14-19(20)25(33)23(30-31)27(34)29-22-18-6-4-5-7-21(18)35-26(22)24(32)16-10-8-15(2)9-11-16/h4-14H,3H2,1-2H3,(H,29,34). The van der Waals surface area contributed by atoms with Crippen LogP contribution < -0.4 is 10.7 Å². The Hall–Kier alpha value is -4.59. The van der Waals surface area contributed by atoms with Crippen molar-refractivity contribution in [1.82, 2.24) is 9.78 Å². The second-order valence-corrected chi connectivity index (χ2v) is 8.11. The van der Waals surface area contributed by atoms with Crippen molar-refractivity contribution in [3.05, 3.63) is 105 Å². The summed E-state index contributed by atoms with van der Waals surface area (Å²) in [5, 5.41) is 7.41. The zero-order valence-electron chi connectivity index (χ0n) is 19.0. The number of ketones is 1. The van der Waals surface area contributed by atoms with Gasteiger partial charge in [-0.25, -0.2) is 4.39 Å². The van der Waals surface area contributed by atoms with Crippen molar-refractivity contribution < 1.29 is 18.4 Å². The zero-order valence-corrected chi connectivity index (χ0v) is 19.0. The van der Waals surface area contributed by atoms with Crippen LogP contribution in [0.3, 0.4) is 0 Å². The lowest BCUT2D eigenvalue weighted by Crippen LogP contribution is -2.27. The van der Waals surface area contributed by atoms with E-state index in [1.807, 2.05) is 6.92 Å². The molecule has 2 heterocycles. The SMILES string of the molecule is CCn1nc(C(=O)Nc2c(C(=O)c3ccc(C)cc3)oc3ccccc23)c(=O)c2cc(F)ccc21. The van der Waals surface area contributed by atoms with Crippen LogP contribution in [0.2, 0.25) is 0 Å². The predicted molar refractivity (Wildman–Crippen MR) is 130 cm³/mol. The van der Waals surface area contributed by atoms with E-state index >= 15 is 0 Å². The quantitative estimate of drug-likeness (QED) is 0.362. The molecule has 8 heteroatoms. The van der Waals surface area contributed by atoms with E-state index in [2.05, 4.69) is 10.4 Å². The van der Waals surface area contributed by atoms with Crippen molar-refractivity contribution in [2.24, 2.45) is 0 Å². The van der Waals surface area contributed by atoms with Crippen molar-refractivity contribution in [3.8, 4) is 0 Å². The van der Waals surface area contributed by atoms with Crippen LogP contribution in [0.25, 0.3) is 21.9 Å². The van der Waals surface area contributed by atoms with E-state index in [0.717, 1.165) is 11.6 Å². The number of aromatic nitrogens is 2. The molecule has 0 aliphatic carbocycles. The van der Waals surface area contributed by atoms with Crippen LogP contribution in [0.15, 0.2) is 75.9 Å². The van der Waals surface area contributed by atoms with Gasteiger partial charge >= 0.3 is 0 Å². The lowest BCUT2D eigenvalue weighted by Gasteiger charge is -2.11. The number of hydrogen-bond donors (Lipinski definition) is 1. The van der Waals surface area contributed by atoms with E-state index in [1.54, 1.807) is 55.5 Å². The van der Waals surface area contributed by atoms with Crippen molar-refractivity contribution in [3.63, 3.8) is 0 Å². The van der Waals surface area contributed by atoms with Gasteiger partial charge in [0, 0.05) is 17.5 Å². The molecule has 0 spiro atoms. The number of furan rings is 1. The van der Waals surface area contributed by atoms with E-state index in [4.69, 9.17) is 4.42 Å². The Balaban J connectivity index is 1.63. The molecule has 1 N–H and O–H groups in total. The lowest BCUT2D eigenvalue weighted by molar-refractivity contribution is 0.101. The van der Waals surface area contributed by atoms with Gasteiger partial charge in [-0.05, 0) is 44.2 Å². The van der Waals surface area contributed by atoms with Gasteiger partial charge in [-0.2, -0.15) is 5.10 Å². The summed E-state index contributed by atoms with van der Waals surface area (Å²) in [6.07, 6.45) is 0. The maximum atomic E-state index is 13.9. The molecule has 3 aromatic carbocycles. The Bertz CT molecular complexity index is 1680. The van der Waals surface area contributed by atoms with Gasteiger partial charge in [-0.3, -0.25) is 19.1 Å². The third-order valence-corrected chi connectivity index (χ3v) is 5.79. The average molecular weight is 469 g/mol. The fraction of sp³-hybridized carbons (Fsp3) is 0.111. The zero-order chi connectivity index (χ0) is 24.7. The molecule has 0 radical (unpaired) electrons. The van der Waals surface area contributed by atoms with E-state index in [9.17, 15) is 18.8 Å². The molecule has 2 aromatic heterocycles. The number of anilines is 1. The van der Waals surface area contributed by atoms with Gasteiger partial charge < -0.3 is 9.73 Å². The minimum absolute atomic E-state index is 0.0417. The average Bonchev–Trinajstić information content (AvgIpc) is 3.22. The highest BCUT2D eigenvalue weighted by Gasteiger charge is 2.26. The Labute approximate surface area is 198 Å². The summed E-state index contributed by atoms with van der Waals surface area (Å²) < 4.78 is 21.2. The number of fused-ring (bicyclic) bond motifs is 2. The van der Waals surface area contributed by atoms with Crippen LogP contribution in [0.5, 0.6) is 0 Å². The number of para-hydroxylation sites is 1. The number of amides is 1. The molecule has 5 rings (SSSR count). The van der Waals surface area contributed by atoms with Gasteiger partial charge in [0.15, 0.2) is 11.5 Å². The molecule has 0 aliphatic heterocycles. The summed E-state index contributed by atoms with van der Waals surface area (Å²) in [4.78, 5) is 39.6. The molecule has 0 saturated carbocycles. The molecule has 7 nitrogen and oxygen atoms in total. The number of nitrogens with one attached hydrogen (secondary N) is 1. The van der Waals surface area contributed by atoms with Crippen LogP contribution in [0.4, 0.5) is 10.1 Å². The summed E-state index contributed by atoms with van der Waals surface area (Å²) in [6.45, 7) is 4.06. The summed E-state index contributed by atoms with van der Waals surface area (Å²) in [5.41, 5.74) is 1.21. The number of aryl methyl sites for hydroxylation is 2. The monoisotopic (exact) mass is 469 g/mol. The smallest absolute Gasteiger partial charge is 0.280 e. The van der Waals surface area contributed by atoms with E-state index in [1.165, 1.54) is 16.8 Å². The van der Waals surface area contributed by atoms with Crippen molar-refractivity contribution >= 4 is 39.2 Å². The third kappa shape index (κ3) is 3.89. The largest absolute Gasteiger partial charge is 0.450 e. The molecule has 5 aromatic rings. The van der Waals surface area contributed by atoms with Gasteiger partial charge in [-0.15, -0.1) is 0 Å². The van der Waals surface area contributed by atoms with Gasteiger partial charge in [0.05, 0.1) is 16.6 Å². The van der Waals surface area contributed by atoms with Crippen molar-refractivity contribution in [1.29, 1.82) is 0 Å². The van der Waals surface area contributed by atoms with E-state index in [0.29, 0.717) is 28.6 Å². The Morgan fingerprint density at radius 2 is 1.77 bits per heavy atom.